The van der Waals surface area contributed by atoms with Crippen molar-refractivity contribution in [1.82, 2.24) is 0 Å². The lowest BCUT2D eigenvalue weighted by molar-refractivity contribution is 0.178. The third-order valence-electron chi connectivity index (χ3n) is 2.71. The van der Waals surface area contributed by atoms with Gasteiger partial charge in [0.2, 0.25) is 0 Å². The average molecular weight is 330 g/mol. The minimum absolute atomic E-state index is 0.0166. The zero-order valence-corrected chi connectivity index (χ0v) is 11.7. The van der Waals surface area contributed by atoms with Gasteiger partial charge in [-0.05, 0) is 17.7 Å². The van der Waals surface area contributed by atoms with Crippen molar-refractivity contribution in [3.63, 3.8) is 0 Å². The zero-order valence-electron chi connectivity index (χ0n) is 9.41. The van der Waals surface area contributed by atoms with E-state index < -0.39 is 11.9 Å². The predicted octanol–water partition coefficient (Wildman–Crippen LogP) is 4.52. The largest absolute Gasteiger partial charge is 0.388 e. The Morgan fingerprint density at radius 3 is 2.61 bits per heavy atom. The molecule has 0 heterocycles. The molecule has 0 spiro atoms. The summed E-state index contributed by atoms with van der Waals surface area (Å²) < 4.78 is 14.2. The Bertz CT molecular complexity index is 559. The summed E-state index contributed by atoms with van der Waals surface area (Å²) in [5.74, 6) is -0.514. The molecular weight excluding hydrogens is 319 g/mol. The van der Waals surface area contributed by atoms with Gasteiger partial charge in [-0.15, -0.1) is 0 Å². The summed E-state index contributed by atoms with van der Waals surface area (Å²) in [5, 5.41) is 10.1. The van der Waals surface area contributed by atoms with E-state index in [-0.39, 0.29) is 5.02 Å². The third-order valence-corrected chi connectivity index (χ3v) is 3.88. The summed E-state index contributed by atoms with van der Waals surface area (Å²) in [7, 11) is 0. The molecule has 2 aromatic rings. The summed E-state index contributed by atoms with van der Waals surface area (Å²) in [6, 6.07) is 12.0. The quantitative estimate of drug-likeness (QED) is 0.878. The number of hydrogen-bond acceptors (Lipinski definition) is 1. The summed E-state index contributed by atoms with van der Waals surface area (Å²) in [5.41, 5.74) is 1.36. The Labute approximate surface area is 118 Å². The molecule has 0 aliphatic rings. The van der Waals surface area contributed by atoms with Crippen LogP contribution in [0.3, 0.4) is 0 Å². The summed E-state index contributed by atoms with van der Waals surface area (Å²) in [6.45, 7) is 0. The molecule has 94 valence electrons. The molecular formula is C14H11BrClFO. The minimum Gasteiger partial charge on any atom is -0.388 e. The number of halogens is 3. The third kappa shape index (κ3) is 2.91. The SMILES string of the molecule is OC(Cc1ccccc1Br)c1cccc(F)c1Cl. The van der Waals surface area contributed by atoms with Gasteiger partial charge in [-0.25, -0.2) is 4.39 Å². The second-order valence-corrected chi connectivity index (χ2v) is 5.19. The van der Waals surface area contributed by atoms with E-state index in [1.165, 1.54) is 6.07 Å². The Hall–Kier alpha value is -0.900. The molecule has 0 fully saturated rings. The molecule has 2 rings (SSSR count). The van der Waals surface area contributed by atoms with Gasteiger partial charge in [-0.3, -0.25) is 0 Å². The van der Waals surface area contributed by atoms with E-state index in [1.807, 2.05) is 24.3 Å². The highest BCUT2D eigenvalue weighted by Crippen LogP contribution is 2.29. The van der Waals surface area contributed by atoms with Crippen LogP contribution in [0.5, 0.6) is 0 Å². The van der Waals surface area contributed by atoms with Gasteiger partial charge < -0.3 is 5.11 Å². The van der Waals surface area contributed by atoms with E-state index in [0.717, 1.165) is 10.0 Å². The summed E-state index contributed by atoms with van der Waals surface area (Å²) in [4.78, 5) is 0. The van der Waals surface area contributed by atoms with Crippen molar-refractivity contribution in [2.75, 3.05) is 0 Å². The number of aliphatic hydroxyl groups is 1. The highest BCUT2D eigenvalue weighted by Gasteiger charge is 2.15. The van der Waals surface area contributed by atoms with Gasteiger partial charge in [0.05, 0.1) is 11.1 Å². The molecule has 0 amide bonds. The average Bonchev–Trinajstić information content (AvgIpc) is 2.35. The Morgan fingerprint density at radius 1 is 1.17 bits per heavy atom. The maximum Gasteiger partial charge on any atom is 0.142 e. The highest BCUT2D eigenvalue weighted by molar-refractivity contribution is 9.10. The van der Waals surface area contributed by atoms with Crippen LogP contribution in [0.2, 0.25) is 5.02 Å². The van der Waals surface area contributed by atoms with Crippen molar-refractivity contribution >= 4 is 27.5 Å². The monoisotopic (exact) mass is 328 g/mol. The molecule has 1 unspecified atom stereocenters. The van der Waals surface area contributed by atoms with E-state index in [0.29, 0.717) is 12.0 Å². The lowest BCUT2D eigenvalue weighted by Crippen LogP contribution is -2.04. The van der Waals surface area contributed by atoms with E-state index in [2.05, 4.69) is 15.9 Å². The topological polar surface area (TPSA) is 20.2 Å². The van der Waals surface area contributed by atoms with Gasteiger partial charge in [-0.1, -0.05) is 57.9 Å². The number of rotatable bonds is 3. The van der Waals surface area contributed by atoms with Crippen molar-refractivity contribution in [2.24, 2.45) is 0 Å². The normalized spacial score (nSPS) is 12.4. The molecule has 1 atom stereocenters. The zero-order chi connectivity index (χ0) is 13.1. The first-order valence-electron chi connectivity index (χ1n) is 5.45. The van der Waals surface area contributed by atoms with E-state index in [4.69, 9.17) is 11.6 Å². The van der Waals surface area contributed by atoms with Crippen LogP contribution >= 0.6 is 27.5 Å². The molecule has 1 N–H and O–H groups in total. The number of benzene rings is 2. The molecule has 4 heteroatoms. The maximum atomic E-state index is 13.3. The lowest BCUT2D eigenvalue weighted by atomic mass is 10.0. The molecule has 0 aromatic heterocycles. The van der Waals surface area contributed by atoms with Crippen LogP contribution in [-0.2, 0) is 6.42 Å². The van der Waals surface area contributed by atoms with Crippen molar-refractivity contribution < 1.29 is 9.50 Å². The van der Waals surface area contributed by atoms with Crippen LogP contribution in [0.25, 0.3) is 0 Å². The van der Waals surface area contributed by atoms with Crippen molar-refractivity contribution in [1.29, 1.82) is 0 Å². The van der Waals surface area contributed by atoms with E-state index >= 15 is 0 Å². The molecule has 2 aromatic carbocycles. The summed E-state index contributed by atoms with van der Waals surface area (Å²) >= 11 is 9.26. The van der Waals surface area contributed by atoms with Gasteiger partial charge in [0.15, 0.2) is 0 Å². The lowest BCUT2D eigenvalue weighted by Gasteiger charge is -2.14. The van der Waals surface area contributed by atoms with Crippen LogP contribution in [-0.4, -0.2) is 5.11 Å². The highest BCUT2D eigenvalue weighted by atomic mass is 79.9. The maximum absolute atomic E-state index is 13.3. The van der Waals surface area contributed by atoms with Crippen molar-refractivity contribution in [3.8, 4) is 0 Å². The van der Waals surface area contributed by atoms with Crippen LogP contribution in [0.4, 0.5) is 4.39 Å². The smallest absolute Gasteiger partial charge is 0.142 e. The second-order valence-electron chi connectivity index (χ2n) is 3.95. The standard InChI is InChI=1S/C14H11BrClFO/c15-11-6-2-1-4-9(11)8-13(18)10-5-3-7-12(17)14(10)16/h1-7,13,18H,8H2. The van der Waals surface area contributed by atoms with Gasteiger partial charge >= 0.3 is 0 Å². The number of aliphatic hydroxyl groups excluding tert-OH is 1. The molecule has 18 heavy (non-hydrogen) atoms. The van der Waals surface area contributed by atoms with Crippen LogP contribution < -0.4 is 0 Å². The summed E-state index contributed by atoms with van der Waals surface area (Å²) in [6.07, 6.45) is -0.447. The molecule has 0 aliphatic carbocycles. The fraction of sp³-hybridized carbons (Fsp3) is 0.143. The Kier molecular flexibility index (Phi) is 4.38. The fourth-order valence-electron chi connectivity index (χ4n) is 1.76. The minimum atomic E-state index is -0.827. The molecule has 0 bridgehead atoms. The number of hydrogen-bond donors (Lipinski definition) is 1. The van der Waals surface area contributed by atoms with Gasteiger partial charge in [0, 0.05) is 16.5 Å². The first-order chi connectivity index (χ1) is 8.59. The van der Waals surface area contributed by atoms with Crippen LogP contribution in [0.1, 0.15) is 17.2 Å². The predicted molar refractivity (Wildman–Crippen MR) is 74.2 cm³/mol. The second kappa shape index (κ2) is 5.83. The molecule has 0 radical (unpaired) electrons. The first-order valence-corrected chi connectivity index (χ1v) is 6.62. The van der Waals surface area contributed by atoms with E-state index in [1.54, 1.807) is 12.1 Å². The molecule has 1 nitrogen and oxygen atoms in total. The van der Waals surface area contributed by atoms with Crippen molar-refractivity contribution in [2.45, 2.75) is 12.5 Å². The van der Waals surface area contributed by atoms with Crippen LogP contribution in [0, 0.1) is 5.82 Å². The first kappa shape index (κ1) is 13.5. The molecule has 0 saturated carbocycles. The van der Waals surface area contributed by atoms with E-state index in [9.17, 15) is 9.50 Å². The molecule has 0 saturated heterocycles. The van der Waals surface area contributed by atoms with Gasteiger partial charge in [-0.2, -0.15) is 0 Å². The Morgan fingerprint density at radius 2 is 1.89 bits per heavy atom. The molecule has 0 aliphatic heterocycles. The van der Waals surface area contributed by atoms with Gasteiger partial charge in [0.25, 0.3) is 0 Å². The Balaban J connectivity index is 2.25. The van der Waals surface area contributed by atoms with Crippen molar-refractivity contribution in [3.05, 3.63) is 68.9 Å². The van der Waals surface area contributed by atoms with Gasteiger partial charge in [0.1, 0.15) is 5.82 Å². The van der Waals surface area contributed by atoms with Crippen LogP contribution in [0.15, 0.2) is 46.9 Å². The fourth-order valence-corrected chi connectivity index (χ4v) is 2.46.